The molecule has 0 saturated carbocycles. The highest BCUT2D eigenvalue weighted by Gasteiger charge is 2.15. The van der Waals surface area contributed by atoms with E-state index in [2.05, 4.69) is 0 Å². The summed E-state index contributed by atoms with van der Waals surface area (Å²) in [5, 5.41) is 0. The predicted octanol–water partition coefficient (Wildman–Crippen LogP) is 3.65. The van der Waals surface area contributed by atoms with Crippen LogP contribution in [0.5, 0.6) is 17.2 Å². The van der Waals surface area contributed by atoms with Gasteiger partial charge in [-0.05, 0) is 31.2 Å². The van der Waals surface area contributed by atoms with Crippen molar-refractivity contribution < 1.29 is 13.9 Å². The Morgan fingerprint density at radius 3 is 2.26 bits per heavy atom. The zero-order valence-electron chi connectivity index (χ0n) is 10.9. The molecule has 2 N–H and O–H groups in total. The van der Waals surface area contributed by atoms with Crippen molar-refractivity contribution >= 4 is 0 Å². The summed E-state index contributed by atoms with van der Waals surface area (Å²) in [6, 6.07) is 11.3. The van der Waals surface area contributed by atoms with E-state index < -0.39 is 5.82 Å². The van der Waals surface area contributed by atoms with Crippen LogP contribution in [-0.2, 0) is 0 Å². The molecule has 0 bridgehead atoms. The van der Waals surface area contributed by atoms with Gasteiger partial charge in [0.1, 0.15) is 11.5 Å². The molecule has 0 aliphatic carbocycles. The summed E-state index contributed by atoms with van der Waals surface area (Å²) in [5.41, 5.74) is 6.64. The number of halogens is 1. The quantitative estimate of drug-likeness (QED) is 0.913. The van der Waals surface area contributed by atoms with Crippen LogP contribution in [0.3, 0.4) is 0 Å². The van der Waals surface area contributed by atoms with Crippen molar-refractivity contribution in [2.75, 3.05) is 7.11 Å². The van der Waals surface area contributed by atoms with E-state index in [0.29, 0.717) is 17.1 Å². The maximum absolute atomic E-state index is 13.6. The summed E-state index contributed by atoms with van der Waals surface area (Å²) in [7, 11) is 1.56. The highest BCUT2D eigenvalue weighted by atomic mass is 19.1. The van der Waals surface area contributed by atoms with Crippen LogP contribution in [0.2, 0.25) is 0 Å². The Balaban J connectivity index is 2.43. The van der Waals surface area contributed by atoms with Crippen LogP contribution >= 0.6 is 0 Å². The summed E-state index contributed by atoms with van der Waals surface area (Å²) >= 11 is 0. The Labute approximate surface area is 111 Å². The first-order chi connectivity index (χ1) is 9.13. The summed E-state index contributed by atoms with van der Waals surface area (Å²) in [6.45, 7) is 1.83. The zero-order valence-corrected chi connectivity index (χ0v) is 10.9. The lowest BCUT2D eigenvalue weighted by atomic mass is 10.1. The van der Waals surface area contributed by atoms with Gasteiger partial charge >= 0.3 is 0 Å². The number of nitrogens with two attached hydrogens (primary N) is 1. The molecule has 0 radical (unpaired) electrons. The van der Waals surface area contributed by atoms with E-state index in [1.54, 1.807) is 43.5 Å². The van der Waals surface area contributed by atoms with Crippen LogP contribution in [-0.4, -0.2) is 7.11 Å². The van der Waals surface area contributed by atoms with Crippen molar-refractivity contribution in [3.05, 3.63) is 53.8 Å². The maximum Gasteiger partial charge on any atom is 0.165 e. The molecule has 0 aliphatic rings. The third-order valence-electron chi connectivity index (χ3n) is 2.76. The first-order valence-corrected chi connectivity index (χ1v) is 5.98. The SMILES string of the molecule is COc1cccc(Oc2ccccc2F)c1[C@@H](C)N. The Bertz CT molecular complexity index is 570. The molecule has 1 atom stereocenters. The summed E-state index contributed by atoms with van der Waals surface area (Å²) < 4.78 is 24.5. The molecule has 0 aliphatic heterocycles. The fraction of sp³-hybridized carbons (Fsp3) is 0.200. The van der Waals surface area contributed by atoms with E-state index in [-0.39, 0.29) is 11.8 Å². The van der Waals surface area contributed by atoms with E-state index in [1.165, 1.54) is 6.07 Å². The van der Waals surface area contributed by atoms with E-state index in [9.17, 15) is 4.39 Å². The van der Waals surface area contributed by atoms with E-state index >= 15 is 0 Å². The average Bonchev–Trinajstić information content (AvgIpc) is 2.40. The van der Waals surface area contributed by atoms with Crippen molar-refractivity contribution in [3.8, 4) is 17.2 Å². The maximum atomic E-state index is 13.6. The molecule has 2 aromatic rings. The van der Waals surface area contributed by atoms with Gasteiger partial charge in [0.25, 0.3) is 0 Å². The molecule has 0 saturated heterocycles. The molecule has 0 aromatic heterocycles. The molecule has 2 rings (SSSR count). The van der Waals surface area contributed by atoms with Crippen LogP contribution in [0.25, 0.3) is 0 Å². The van der Waals surface area contributed by atoms with E-state index in [0.717, 1.165) is 0 Å². The van der Waals surface area contributed by atoms with Crippen molar-refractivity contribution in [1.82, 2.24) is 0 Å². The largest absolute Gasteiger partial charge is 0.496 e. The van der Waals surface area contributed by atoms with Crippen LogP contribution in [0.15, 0.2) is 42.5 Å². The van der Waals surface area contributed by atoms with E-state index in [1.807, 2.05) is 6.92 Å². The van der Waals surface area contributed by atoms with Crippen LogP contribution in [0, 0.1) is 5.82 Å². The standard InChI is InChI=1S/C15H16FNO2/c1-10(17)15-13(18-2)8-5-9-14(15)19-12-7-4-3-6-11(12)16/h3-10H,17H2,1-2H3/t10-/m1/s1. The van der Waals surface area contributed by atoms with Crippen LogP contribution in [0.4, 0.5) is 4.39 Å². The molecule has 0 amide bonds. The Hall–Kier alpha value is -2.07. The first-order valence-electron chi connectivity index (χ1n) is 5.98. The number of para-hydroxylation sites is 1. The second kappa shape index (κ2) is 5.71. The molecular weight excluding hydrogens is 245 g/mol. The van der Waals surface area contributed by atoms with Gasteiger partial charge in [0, 0.05) is 6.04 Å². The number of hydrogen-bond acceptors (Lipinski definition) is 3. The molecule has 0 heterocycles. The second-order valence-corrected chi connectivity index (χ2v) is 4.19. The zero-order chi connectivity index (χ0) is 13.8. The normalized spacial score (nSPS) is 12.0. The monoisotopic (exact) mass is 261 g/mol. The van der Waals surface area contributed by atoms with Gasteiger partial charge in [-0.3, -0.25) is 0 Å². The van der Waals surface area contributed by atoms with Crippen LogP contribution < -0.4 is 15.2 Å². The third-order valence-corrected chi connectivity index (χ3v) is 2.76. The number of rotatable bonds is 4. The minimum atomic E-state index is -0.416. The Morgan fingerprint density at radius 1 is 1.00 bits per heavy atom. The van der Waals surface area contributed by atoms with Gasteiger partial charge in [0.05, 0.1) is 12.7 Å². The molecule has 0 fully saturated rings. The number of methoxy groups -OCH3 is 1. The lowest BCUT2D eigenvalue weighted by molar-refractivity contribution is 0.393. The van der Waals surface area contributed by atoms with Gasteiger partial charge in [-0.2, -0.15) is 0 Å². The summed E-state index contributed by atoms with van der Waals surface area (Å²) in [5.74, 6) is 0.877. The molecule has 19 heavy (non-hydrogen) atoms. The van der Waals surface area contributed by atoms with Crippen molar-refractivity contribution in [2.24, 2.45) is 5.73 Å². The minimum absolute atomic E-state index is 0.164. The van der Waals surface area contributed by atoms with Crippen molar-refractivity contribution in [2.45, 2.75) is 13.0 Å². The lowest BCUT2D eigenvalue weighted by Gasteiger charge is -2.17. The molecule has 0 unspecified atom stereocenters. The molecule has 100 valence electrons. The van der Waals surface area contributed by atoms with Gasteiger partial charge in [0.2, 0.25) is 0 Å². The lowest BCUT2D eigenvalue weighted by Crippen LogP contribution is -2.08. The fourth-order valence-corrected chi connectivity index (χ4v) is 1.89. The summed E-state index contributed by atoms with van der Waals surface area (Å²) in [6.07, 6.45) is 0. The Kier molecular flexibility index (Phi) is 4.02. The van der Waals surface area contributed by atoms with Gasteiger partial charge in [-0.1, -0.05) is 18.2 Å². The molecular formula is C15H16FNO2. The Morgan fingerprint density at radius 2 is 1.63 bits per heavy atom. The van der Waals surface area contributed by atoms with Gasteiger partial charge in [0.15, 0.2) is 11.6 Å². The smallest absolute Gasteiger partial charge is 0.165 e. The average molecular weight is 261 g/mol. The van der Waals surface area contributed by atoms with Crippen LogP contribution in [0.1, 0.15) is 18.5 Å². The van der Waals surface area contributed by atoms with Gasteiger partial charge in [-0.25, -0.2) is 4.39 Å². The van der Waals surface area contributed by atoms with E-state index in [4.69, 9.17) is 15.2 Å². The predicted molar refractivity (Wildman–Crippen MR) is 72.1 cm³/mol. The second-order valence-electron chi connectivity index (χ2n) is 4.19. The third kappa shape index (κ3) is 2.85. The van der Waals surface area contributed by atoms with Crippen molar-refractivity contribution in [1.29, 1.82) is 0 Å². The fourth-order valence-electron chi connectivity index (χ4n) is 1.89. The van der Waals surface area contributed by atoms with Crippen molar-refractivity contribution in [3.63, 3.8) is 0 Å². The topological polar surface area (TPSA) is 44.5 Å². The summed E-state index contributed by atoms with van der Waals surface area (Å²) in [4.78, 5) is 0. The first kappa shape index (κ1) is 13.4. The highest BCUT2D eigenvalue weighted by Crippen LogP contribution is 2.36. The molecule has 3 nitrogen and oxygen atoms in total. The number of ether oxygens (including phenoxy) is 2. The minimum Gasteiger partial charge on any atom is -0.496 e. The molecule has 2 aromatic carbocycles. The molecule has 0 spiro atoms. The molecule has 4 heteroatoms. The van der Waals surface area contributed by atoms with Gasteiger partial charge in [-0.15, -0.1) is 0 Å². The van der Waals surface area contributed by atoms with Gasteiger partial charge < -0.3 is 15.2 Å². The highest BCUT2D eigenvalue weighted by molar-refractivity contribution is 5.48. The number of hydrogen-bond donors (Lipinski definition) is 1. The number of benzene rings is 2.